The molecule has 0 aromatic heterocycles. The van der Waals surface area contributed by atoms with Crippen LogP contribution in [-0.2, 0) is 19.1 Å². The van der Waals surface area contributed by atoms with Crippen LogP contribution in [0.1, 0.15) is 25.7 Å². The zero-order valence-corrected chi connectivity index (χ0v) is 14.0. The number of ether oxygens (including phenoxy) is 2. The maximum absolute atomic E-state index is 11.8. The zero-order chi connectivity index (χ0) is 17.4. The van der Waals surface area contributed by atoms with Gasteiger partial charge in [0.1, 0.15) is 0 Å². The lowest BCUT2D eigenvalue weighted by atomic mass is 10.2. The van der Waals surface area contributed by atoms with Crippen LogP contribution in [0.15, 0.2) is 24.8 Å². The molecule has 6 nitrogen and oxygen atoms in total. The smallest absolute Gasteiger partial charge is 0.373 e. The van der Waals surface area contributed by atoms with Crippen LogP contribution in [0.5, 0.6) is 0 Å². The molecule has 0 rings (SSSR count). The van der Waals surface area contributed by atoms with Crippen LogP contribution in [0.25, 0.3) is 0 Å². The van der Waals surface area contributed by atoms with Crippen molar-refractivity contribution in [3.63, 3.8) is 0 Å². The van der Waals surface area contributed by atoms with Crippen molar-refractivity contribution in [1.82, 2.24) is 0 Å². The molecular formula is C13H17Cl3O6. The number of carbonyl (C=O) groups excluding carboxylic acids is 2. The fraction of sp³-hybridized carbons (Fsp3) is 0.538. The quantitative estimate of drug-likeness (QED) is 0.211. The molecule has 9 heteroatoms. The van der Waals surface area contributed by atoms with E-state index in [1.165, 1.54) is 0 Å². The fourth-order valence-electron chi connectivity index (χ4n) is 1.28. The van der Waals surface area contributed by atoms with Crippen LogP contribution >= 0.6 is 34.8 Å². The number of carbonyl (C=O) groups is 2. The Hall–Kier alpha value is -0.790. The summed E-state index contributed by atoms with van der Waals surface area (Å²) in [7, 11) is 0. The van der Waals surface area contributed by atoms with E-state index >= 15 is 0 Å². The highest BCUT2D eigenvalue weighted by Gasteiger charge is 2.40. The molecule has 22 heavy (non-hydrogen) atoms. The zero-order valence-electron chi connectivity index (χ0n) is 11.7. The molecule has 0 saturated heterocycles. The Morgan fingerprint density at radius 1 is 1.14 bits per heavy atom. The molecule has 1 atom stereocenters. The lowest BCUT2D eigenvalue weighted by Crippen LogP contribution is -2.41. The van der Waals surface area contributed by atoms with Gasteiger partial charge >= 0.3 is 17.9 Å². The molecule has 0 spiro atoms. The van der Waals surface area contributed by atoms with Crippen molar-refractivity contribution in [3.8, 4) is 0 Å². The predicted molar refractivity (Wildman–Crippen MR) is 82.3 cm³/mol. The minimum atomic E-state index is -2.54. The summed E-state index contributed by atoms with van der Waals surface area (Å²) in [6.45, 7) is 6.38. The second-order valence-corrected chi connectivity index (χ2v) is 6.52. The number of hydrogen-bond acceptors (Lipinski definition) is 6. The van der Waals surface area contributed by atoms with Crippen LogP contribution in [0, 0.1) is 0 Å². The standard InChI is InChI=1S/C13H17Cl3O6/c1-3-10(18)21-12(20,7-5-4-6-8-17)22-11(19)9(2)13(14,15)16/h3,17,20H,1-2,4-8H2. The van der Waals surface area contributed by atoms with Crippen molar-refractivity contribution < 1.29 is 29.3 Å². The highest BCUT2D eigenvalue weighted by atomic mass is 35.6. The fourth-order valence-corrected chi connectivity index (χ4v) is 1.51. The van der Waals surface area contributed by atoms with E-state index < -0.39 is 27.3 Å². The van der Waals surface area contributed by atoms with Gasteiger partial charge in [0.25, 0.3) is 0 Å². The molecular weight excluding hydrogens is 358 g/mol. The van der Waals surface area contributed by atoms with Gasteiger partial charge in [-0.1, -0.05) is 54.4 Å². The Balaban J connectivity index is 4.91. The van der Waals surface area contributed by atoms with Gasteiger partial charge in [-0.15, -0.1) is 0 Å². The van der Waals surface area contributed by atoms with E-state index in [1.54, 1.807) is 0 Å². The molecule has 0 fully saturated rings. The highest BCUT2D eigenvalue weighted by Crippen LogP contribution is 2.35. The third-order valence-electron chi connectivity index (χ3n) is 2.42. The van der Waals surface area contributed by atoms with Crippen molar-refractivity contribution in [1.29, 1.82) is 0 Å². The van der Waals surface area contributed by atoms with E-state index in [4.69, 9.17) is 39.9 Å². The summed E-state index contributed by atoms with van der Waals surface area (Å²) in [5, 5.41) is 18.8. The molecule has 0 aliphatic heterocycles. The van der Waals surface area contributed by atoms with E-state index in [0.29, 0.717) is 19.3 Å². The van der Waals surface area contributed by atoms with Gasteiger partial charge in [0.05, 0.1) is 12.0 Å². The molecule has 126 valence electrons. The van der Waals surface area contributed by atoms with E-state index in [1.807, 2.05) is 0 Å². The Labute approximate surface area is 143 Å². The van der Waals surface area contributed by atoms with Gasteiger partial charge in [-0.2, -0.15) is 0 Å². The van der Waals surface area contributed by atoms with Gasteiger partial charge in [0.2, 0.25) is 3.79 Å². The van der Waals surface area contributed by atoms with Crippen molar-refractivity contribution in [2.24, 2.45) is 0 Å². The van der Waals surface area contributed by atoms with Gasteiger partial charge in [-0.05, 0) is 12.8 Å². The van der Waals surface area contributed by atoms with Gasteiger partial charge in [0, 0.05) is 12.7 Å². The molecule has 0 aliphatic rings. The lowest BCUT2D eigenvalue weighted by molar-refractivity contribution is -0.324. The second kappa shape index (κ2) is 9.37. The first-order valence-electron chi connectivity index (χ1n) is 6.24. The summed E-state index contributed by atoms with van der Waals surface area (Å²) in [6, 6.07) is 0. The largest absolute Gasteiger partial charge is 0.396 e. The Morgan fingerprint density at radius 2 is 1.73 bits per heavy atom. The number of halogens is 3. The SMILES string of the molecule is C=CC(=O)OC(O)(CCCCCO)OC(=O)C(=C)C(Cl)(Cl)Cl. The normalized spacial score (nSPS) is 13.9. The number of esters is 2. The van der Waals surface area contributed by atoms with Crippen molar-refractivity contribution in [3.05, 3.63) is 24.8 Å². The van der Waals surface area contributed by atoms with E-state index in [0.717, 1.165) is 6.08 Å². The number of hydrogen-bond donors (Lipinski definition) is 2. The van der Waals surface area contributed by atoms with Gasteiger partial charge in [-0.25, -0.2) is 9.59 Å². The summed E-state index contributed by atoms with van der Waals surface area (Å²) in [5.41, 5.74) is -0.555. The molecule has 0 heterocycles. The van der Waals surface area contributed by atoms with E-state index in [-0.39, 0.29) is 13.0 Å². The third kappa shape index (κ3) is 8.00. The maximum Gasteiger partial charge on any atom is 0.373 e. The first kappa shape index (κ1) is 21.2. The van der Waals surface area contributed by atoms with Crippen LogP contribution in [0.2, 0.25) is 0 Å². The number of unbranched alkanes of at least 4 members (excludes halogenated alkanes) is 2. The summed E-state index contributed by atoms with van der Waals surface area (Å²) in [5.74, 6) is -4.78. The third-order valence-corrected chi connectivity index (χ3v) is 3.10. The van der Waals surface area contributed by atoms with E-state index in [9.17, 15) is 14.7 Å². The first-order chi connectivity index (χ1) is 10.1. The molecule has 0 aromatic rings. The molecule has 0 bridgehead atoms. The molecule has 0 amide bonds. The highest BCUT2D eigenvalue weighted by molar-refractivity contribution is 6.70. The number of aliphatic hydroxyl groups excluding tert-OH is 1. The Kier molecular flexibility index (Phi) is 9.04. The van der Waals surface area contributed by atoms with Gasteiger partial charge in [0.15, 0.2) is 0 Å². The van der Waals surface area contributed by atoms with Gasteiger partial charge < -0.3 is 19.7 Å². The Morgan fingerprint density at radius 3 is 2.18 bits per heavy atom. The van der Waals surface area contributed by atoms with Crippen LogP contribution in [0.3, 0.4) is 0 Å². The number of aliphatic hydroxyl groups is 2. The van der Waals surface area contributed by atoms with Crippen LogP contribution in [0.4, 0.5) is 0 Å². The van der Waals surface area contributed by atoms with E-state index in [2.05, 4.69) is 22.6 Å². The monoisotopic (exact) mass is 374 g/mol. The van der Waals surface area contributed by atoms with Crippen LogP contribution < -0.4 is 0 Å². The Bertz CT molecular complexity index is 432. The minimum Gasteiger partial charge on any atom is -0.396 e. The second-order valence-electron chi connectivity index (χ2n) is 4.24. The minimum absolute atomic E-state index is 0.0330. The molecule has 0 radical (unpaired) electrons. The number of rotatable bonds is 9. The first-order valence-corrected chi connectivity index (χ1v) is 7.37. The van der Waals surface area contributed by atoms with Gasteiger partial charge in [-0.3, -0.25) is 0 Å². The van der Waals surface area contributed by atoms with Crippen molar-refractivity contribution in [2.75, 3.05) is 6.61 Å². The lowest BCUT2D eigenvalue weighted by Gasteiger charge is -2.27. The molecule has 1 unspecified atom stereocenters. The summed E-state index contributed by atoms with van der Waals surface area (Å²) >= 11 is 16.4. The average Bonchev–Trinajstić information content (AvgIpc) is 2.41. The molecule has 0 aromatic carbocycles. The summed E-state index contributed by atoms with van der Waals surface area (Å²) < 4.78 is 7.19. The summed E-state index contributed by atoms with van der Waals surface area (Å²) in [4.78, 5) is 23.0. The number of alkyl halides is 3. The average molecular weight is 376 g/mol. The summed E-state index contributed by atoms with van der Waals surface area (Å²) in [6.07, 6.45) is 1.84. The maximum atomic E-state index is 11.8. The van der Waals surface area contributed by atoms with Crippen molar-refractivity contribution >= 4 is 46.7 Å². The molecule has 0 aliphatic carbocycles. The molecule has 0 saturated carbocycles. The molecule has 2 N–H and O–H groups in total. The predicted octanol–water partition coefficient (Wildman–Crippen LogP) is 2.38. The topological polar surface area (TPSA) is 93.1 Å². The van der Waals surface area contributed by atoms with Crippen molar-refractivity contribution in [2.45, 2.75) is 35.4 Å². The van der Waals surface area contributed by atoms with Crippen LogP contribution in [-0.4, -0.2) is 38.5 Å².